The first-order chi connectivity index (χ1) is 15.1. The lowest BCUT2D eigenvalue weighted by Crippen LogP contribution is -2.37. The molecule has 1 aliphatic rings. The highest BCUT2D eigenvalue weighted by Gasteiger charge is 2.38. The number of benzene rings is 2. The van der Waals surface area contributed by atoms with Crippen LogP contribution in [0.5, 0.6) is 0 Å². The highest BCUT2D eigenvalue weighted by Crippen LogP contribution is 2.42. The highest BCUT2D eigenvalue weighted by atomic mass is 32.2. The summed E-state index contributed by atoms with van der Waals surface area (Å²) in [7, 11) is 0. The zero-order valence-corrected chi connectivity index (χ0v) is 18.9. The van der Waals surface area contributed by atoms with Crippen LogP contribution in [0.15, 0.2) is 64.5 Å². The van der Waals surface area contributed by atoms with Gasteiger partial charge < -0.3 is 0 Å². The van der Waals surface area contributed by atoms with Gasteiger partial charge in [-0.3, -0.25) is 4.79 Å². The number of rotatable bonds is 5. The van der Waals surface area contributed by atoms with Gasteiger partial charge in [-0.2, -0.15) is 0 Å². The molecular formula is C25H26N4OS. The van der Waals surface area contributed by atoms with Crippen molar-refractivity contribution in [1.29, 1.82) is 0 Å². The molecule has 4 aromatic rings. The Hall–Kier alpha value is -2.86. The maximum absolute atomic E-state index is 13.9. The van der Waals surface area contributed by atoms with Crippen molar-refractivity contribution in [3.8, 4) is 11.3 Å². The summed E-state index contributed by atoms with van der Waals surface area (Å²) in [6.45, 7) is 5.02. The zero-order valence-electron chi connectivity index (χ0n) is 18.1. The van der Waals surface area contributed by atoms with Gasteiger partial charge in [0.1, 0.15) is 0 Å². The molecule has 2 aromatic heterocycles. The molecule has 0 saturated heterocycles. The van der Waals surface area contributed by atoms with E-state index in [0.29, 0.717) is 17.5 Å². The van der Waals surface area contributed by atoms with Crippen LogP contribution in [0.25, 0.3) is 17.0 Å². The summed E-state index contributed by atoms with van der Waals surface area (Å²) in [4.78, 5) is 19.0. The monoisotopic (exact) mass is 430 g/mol. The second-order valence-corrected chi connectivity index (χ2v) is 9.24. The smallest absolute Gasteiger partial charge is 0.265 e. The van der Waals surface area contributed by atoms with Gasteiger partial charge in [-0.15, -0.1) is 5.10 Å². The Morgan fingerprint density at radius 1 is 1.10 bits per heavy atom. The third-order valence-electron chi connectivity index (χ3n) is 6.57. The Bertz CT molecular complexity index is 1320. The van der Waals surface area contributed by atoms with Gasteiger partial charge in [0.2, 0.25) is 5.78 Å². The summed E-state index contributed by atoms with van der Waals surface area (Å²) >= 11 is 1.49. The van der Waals surface area contributed by atoms with Crippen molar-refractivity contribution in [3.05, 3.63) is 81.6 Å². The first-order valence-corrected chi connectivity index (χ1v) is 12.0. The molecule has 2 heterocycles. The molecule has 5 rings (SSSR count). The minimum Gasteiger partial charge on any atom is -0.268 e. The molecule has 158 valence electrons. The lowest BCUT2D eigenvalue weighted by atomic mass is 9.69. The van der Waals surface area contributed by atoms with E-state index < -0.39 is 0 Å². The molecule has 0 amide bonds. The van der Waals surface area contributed by atoms with Crippen molar-refractivity contribution in [2.75, 3.05) is 6.26 Å². The Kier molecular flexibility index (Phi) is 4.97. The lowest BCUT2D eigenvalue weighted by Gasteiger charge is -2.35. The van der Waals surface area contributed by atoms with Crippen molar-refractivity contribution < 1.29 is 0 Å². The largest absolute Gasteiger partial charge is 0.268 e. The van der Waals surface area contributed by atoms with Crippen LogP contribution >= 0.6 is 11.8 Å². The SMILES string of the molecule is CC[C@@]1(C)Cc2ccccc2-c2nc3n(CCc4ccccc4)nc(SC)n3c(=O)c21. The van der Waals surface area contributed by atoms with Gasteiger partial charge in [-0.25, -0.2) is 14.1 Å². The number of thioether (sulfide) groups is 1. The first kappa shape index (κ1) is 20.1. The summed E-state index contributed by atoms with van der Waals surface area (Å²) in [6, 6.07) is 18.7. The molecule has 0 N–H and O–H groups in total. The van der Waals surface area contributed by atoms with Crippen LogP contribution < -0.4 is 5.56 Å². The van der Waals surface area contributed by atoms with E-state index in [1.165, 1.54) is 22.9 Å². The van der Waals surface area contributed by atoms with Crippen molar-refractivity contribution in [1.82, 2.24) is 19.2 Å². The third kappa shape index (κ3) is 3.21. The van der Waals surface area contributed by atoms with Crippen LogP contribution in [0.3, 0.4) is 0 Å². The molecule has 31 heavy (non-hydrogen) atoms. The number of hydrogen-bond acceptors (Lipinski definition) is 4. The number of aryl methyl sites for hydroxylation is 2. The number of aromatic nitrogens is 4. The molecule has 6 heteroatoms. The van der Waals surface area contributed by atoms with E-state index in [1.807, 2.05) is 35.2 Å². The quantitative estimate of drug-likeness (QED) is 0.429. The summed E-state index contributed by atoms with van der Waals surface area (Å²) < 4.78 is 3.61. The maximum Gasteiger partial charge on any atom is 0.265 e. The summed E-state index contributed by atoms with van der Waals surface area (Å²) in [6.07, 6.45) is 4.53. The molecule has 2 aromatic carbocycles. The average molecular weight is 431 g/mol. The number of hydrogen-bond donors (Lipinski definition) is 0. The number of fused-ring (bicyclic) bond motifs is 4. The zero-order chi connectivity index (χ0) is 21.6. The fraction of sp³-hybridized carbons (Fsp3) is 0.320. The van der Waals surface area contributed by atoms with Gasteiger partial charge in [0.15, 0.2) is 5.16 Å². The van der Waals surface area contributed by atoms with E-state index in [-0.39, 0.29) is 11.0 Å². The Morgan fingerprint density at radius 3 is 2.58 bits per heavy atom. The highest BCUT2D eigenvalue weighted by molar-refractivity contribution is 7.98. The fourth-order valence-electron chi connectivity index (χ4n) is 4.66. The second-order valence-electron chi connectivity index (χ2n) is 8.47. The molecular weight excluding hydrogens is 404 g/mol. The predicted molar refractivity (Wildman–Crippen MR) is 126 cm³/mol. The maximum atomic E-state index is 13.9. The van der Waals surface area contributed by atoms with Crippen molar-refractivity contribution in [3.63, 3.8) is 0 Å². The summed E-state index contributed by atoms with van der Waals surface area (Å²) in [5, 5.41) is 5.46. The molecule has 0 unspecified atom stereocenters. The fourth-order valence-corrected chi connectivity index (χ4v) is 5.19. The van der Waals surface area contributed by atoms with E-state index in [0.717, 1.165) is 36.1 Å². The lowest BCUT2D eigenvalue weighted by molar-refractivity contribution is 0.439. The van der Waals surface area contributed by atoms with Crippen LogP contribution in [0.4, 0.5) is 0 Å². The van der Waals surface area contributed by atoms with E-state index in [9.17, 15) is 4.79 Å². The molecule has 5 nitrogen and oxygen atoms in total. The molecule has 1 aliphatic carbocycles. The molecule has 0 radical (unpaired) electrons. The van der Waals surface area contributed by atoms with E-state index >= 15 is 0 Å². The molecule has 0 fully saturated rings. The van der Waals surface area contributed by atoms with Crippen LogP contribution in [-0.4, -0.2) is 25.4 Å². The van der Waals surface area contributed by atoms with Crippen LogP contribution in [-0.2, 0) is 24.8 Å². The van der Waals surface area contributed by atoms with Gasteiger partial charge >= 0.3 is 0 Å². The molecule has 1 atom stereocenters. The van der Waals surface area contributed by atoms with Gasteiger partial charge in [-0.05, 0) is 36.6 Å². The minimum absolute atomic E-state index is 0.0224. The molecule has 0 saturated carbocycles. The van der Waals surface area contributed by atoms with Gasteiger partial charge in [0.25, 0.3) is 5.56 Å². The van der Waals surface area contributed by atoms with Crippen LogP contribution in [0, 0.1) is 0 Å². The number of nitrogens with zero attached hydrogens (tertiary/aromatic N) is 4. The van der Waals surface area contributed by atoms with Crippen molar-refractivity contribution in [2.45, 2.75) is 50.2 Å². The topological polar surface area (TPSA) is 52.2 Å². The average Bonchev–Trinajstić information content (AvgIpc) is 3.16. The first-order valence-electron chi connectivity index (χ1n) is 10.8. The Morgan fingerprint density at radius 2 is 1.84 bits per heavy atom. The normalized spacial score (nSPS) is 17.5. The van der Waals surface area contributed by atoms with Crippen molar-refractivity contribution >= 4 is 17.5 Å². The summed E-state index contributed by atoms with van der Waals surface area (Å²) in [5.74, 6) is 0.624. The van der Waals surface area contributed by atoms with Gasteiger partial charge in [0.05, 0.1) is 11.3 Å². The van der Waals surface area contributed by atoms with Crippen LogP contribution in [0.1, 0.15) is 37.0 Å². The molecule has 0 aliphatic heterocycles. The van der Waals surface area contributed by atoms with Crippen LogP contribution in [0.2, 0.25) is 0 Å². The Labute approximate surface area is 186 Å². The predicted octanol–water partition coefficient (Wildman–Crippen LogP) is 4.75. The standard InChI is InChI=1S/C25H26N4OS/c1-4-25(2)16-18-12-8-9-13-19(18)21-20(25)22(30)29-23(26-21)28(27-24(29)31-3)15-14-17-10-6-5-7-11-17/h5-13H,4,14-16H2,1-3H3/t25-/m0/s1. The van der Waals surface area contributed by atoms with Gasteiger partial charge in [-0.1, -0.05) is 80.2 Å². The van der Waals surface area contributed by atoms with Crippen molar-refractivity contribution in [2.24, 2.45) is 0 Å². The van der Waals surface area contributed by atoms with E-state index in [4.69, 9.17) is 10.1 Å². The van der Waals surface area contributed by atoms with Gasteiger partial charge in [0, 0.05) is 17.5 Å². The molecule has 0 bridgehead atoms. The summed E-state index contributed by atoms with van der Waals surface area (Å²) in [5.41, 5.74) is 5.01. The van der Waals surface area contributed by atoms with E-state index in [2.05, 4.69) is 44.2 Å². The second kappa shape index (κ2) is 7.68. The van der Waals surface area contributed by atoms with E-state index in [1.54, 1.807) is 4.40 Å². The molecule has 0 spiro atoms. The minimum atomic E-state index is -0.239. The Balaban J connectivity index is 1.73. The third-order valence-corrected chi connectivity index (χ3v) is 7.20.